The molecule has 0 saturated carbocycles. The third-order valence-corrected chi connectivity index (χ3v) is 7.32. The normalized spacial score (nSPS) is 12.2. The van der Waals surface area contributed by atoms with Crippen LogP contribution in [0.25, 0.3) is 10.9 Å². The number of rotatable bonds is 9. The number of hydrogen-bond donors (Lipinski definition) is 4. The minimum Gasteiger partial charge on any atom is -0.497 e. The number of H-pyrrole nitrogens is 1. The fourth-order valence-corrected chi connectivity index (χ4v) is 4.83. The molecule has 0 aliphatic heterocycles. The Labute approximate surface area is 224 Å². The predicted octanol–water partition coefficient (Wildman–Crippen LogP) is 4.01. The minimum absolute atomic E-state index is 0.00554. The van der Waals surface area contributed by atoms with Gasteiger partial charge in [0.15, 0.2) is 5.69 Å². The smallest absolute Gasteiger partial charge is 0.273 e. The molecule has 4 rings (SSSR count). The molecule has 0 aliphatic rings. The second-order valence-corrected chi connectivity index (χ2v) is 10.2. The van der Waals surface area contributed by atoms with E-state index in [4.69, 9.17) is 16.2 Å². The molecule has 2 aromatic heterocycles. The summed E-state index contributed by atoms with van der Waals surface area (Å²) in [5.74, 6) is -1.36. The van der Waals surface area contributed by atoms with Gasteiger partial charge in [0.1, 0.15) is 16.7 Å². The van der Waals surface area contributed by atoms with Crippen LogP contribution in [0.4, 0.5) is 11.4 Å². The van der Waals surface area contributed by atoms with E-state index in [2.05, 4.69) is 14.7 Å². The Morgan fingerprint density at radius 3 is 2.58 bits per heavy atom. The van der Waals surface area contributed by atoms with E-state index < -0.39 is 29.3 Å². The van der Waals surface area contributed by atoms with Crippen LogP contribution in [-0.2, 0) is 4.79 Å². The van der Waals surface area contributed by atoms with Gasteiger partial charge >= 0.3 is 0 Å². The van der Waals surface area contributed by atoms with Gasteiger partial charge < -0.3 is 26.5 Å². The summed E-state index contributed by atoms with van der Waals surface area (Å²) in [6, 6.07) is 13.2. The van der Waals surface area contributed by atoms with Crippen molar-refractivity contribution in [1.82, 2.24) is 14.7 Å². The SMILES string of the molecule is CCC(C)(C)NC(=O)[C@H](c1c[nH]c2ccccc12)N(C(=O)c1snc(C(N)=O)c1N)c1cccc(OC)c1. The lowest BCUT2D eigenvalue weighted by atomic mass is 9.97. The highest BCUT2D eigenvalue weighted by Gasteiger charge is 2.38. The molecule has 10 nitrogen and oxygen atoms in total. The predicted molar refractivity (Wildman–Crippen MR) is 148 cm³/mol. The number of nitrogens with two attached hydrogens (primary N) is 2. The second kappa shape index (κ2) is 10.5. The van der Waals surface area contributed by atoms with E-state index in [-0.39, 0.29) is 16.3 Å². The minimum atomic E-state index is -1.12. The Hall–Kier alpha value is -4.38. The molecule has 11 heteroatoms. The number of amides is 3. The number of carbonyl (C=O) groups excluding carboxylic acids is 3. The van der Waals surface area contributed by atoms with Crippen molar-refractivity contribution in [2.75, 3.05) is 17.7 Å². The second-order valence-electron chi connectivity index (χ2n) is 9.43. The first-order valence-corrected chi connectivity index (χ1v) is 12.8. The van der Waals surface area contributed by atoms with Crippen LogP contribution in [0.1, 0.15) is 59.0 Å². The van der Waals surface area contributed by atoms with E-state index >= 15 is 0 Å². The van der Waals surface area contributed by atoms with E-state index in [0.29, 0.717) is 23.4 Å². The standard InChI is InChI=1S/C27H30N6O4S/c1-5-27(2,3)31-25(35)22(18-14-30-19-12-7-6-11-17(18)19)33(15-9-8-10-16(13-15)37-4)26(36)23-20(28)21(24(29)34)32-38-23/h6-14,22,30H,5,28H2,1-4H3,(H2,29,34)(H,31,35)/t22-/m0/s1. The fourth-order valence-electron chi connectivity index (χ4n) is 4.09. The highest BCUT2D eigenvalue weighted by molar-refractivity contribution is 7.09. The van der Waals surface area contributed by atoms with Gasteiger partial charge in [0.2, 0.25) is 5.91 Å². The molecule has 3 amide bonds. The lowest BCUT2D eigenvalue weighted by molar-refractivity contribution is -0.124. The van der Waals surface area contributed by atoms with Crippen LogP contribution in [0.5, 0.6) is 5.75 Å². The summed E-state index contributed by atoms with van der Waals surface area (Å²) < 4.78 is 9.41. The zero-order valence-electron chi connectivity index (χ0n) is 21.6. The molecular formula is C27H30N6O4S. The number of aromatic amines is 1. The van der Waals surface area contributed by atoms with Gasteiger partial charge in [-0.3, -0.25) is 19.3 Å². The first-order chi connectivity index (χ1) is 18.1. The summed E-state index contributed by atoms with van der Waals surface area (Å²) in [4.78, 5) is 44.7. The molecule has 0 fully saturated rings. The van der Waals surface area contributed by atoms with Crippen LogP contribution in [0, 0.1) is 0 Å². The molecule has 0 unspecified atom stereocenters. The van der Waals surface area contributed by atoms with Crippen molar-refractivity contribution in [2.24, 2.45) is 5.73 Å². The highest BCUT2D eigenvalue weighted by atomic mass is 32.1. The molecule has 0 spiro atoms. The maximum Gasteiger partial charge on any atom is 0.273 e. The number of benzene rings is 2. The summed E-state index contributed by atoms with van der Waals surface area (Å²) >= 11 is 0.755. The van der Waals surface area contributed by atoms with Gasteiger partial charge in [0, 0.05) is 40.0 Å². The molecule has 2 aromatic carbocycles. The summed E-state index contributed by atoms with van der Waals surface area (Å²) in [6.45, 7) is 5.79. The molecule has 2 heterocycles. The zero-order chi connectivity index (χ0) is 27.6. The van der Waals surface area contributed by atoms with Crippen molar-refractivity contribution >= 4 is 51.5 Å². The molecule has 38 heavy (non-hydrogen) atoms. The third-order valence-electron chi connectivity index (χ3n) is 6.47. The number of anilines is 2. The first-order valence-electron chi connectivity index (χ1n) is 12.0. The van der Waals surface area contributed by atoms with Gasteiger partial charge in [-0.25, -0.2) is 0 Å². The average molecular weight is 535 g/mol. The highest BCUT2D eigenvalue weighted by Crippen LogP contribution is 2.37. The number of methoxy groups -OCH3 is 1. The van der Waals surface area contributed by atoms with Crippen LogP contribution in [-0.4, -0.2) is 39.7 Å². The number of primary amides is 1. The van der Waals surface area contributed by atoms with Crippen molar-refractivity contribution < 1.29 is 19.1 Å². The lowest BCUT2D eigenvalue weighted by Gasteiger charge is -2.34. The Balaban J connectivity index is 1.97. The monoisotopic (exact) mass is 534 g/mol. The van der Waals surface area contributed by atoms with Gasteiger partial charge in [0.25, 0.3) is 11.8 Å². The van der Waals surface area contributed by atoms with Crippen LogP contribution < -0.4 is 26.4 Å². The lowest BCUT2D eigenvalue weighted by Crippen LogP contribution is -2.50. The molecule has 198 valence electrons. The van der Waals surface area contributed by atoms with Crippen molar-refractivity contribution in [2.45, 2.75) is 38.8 Å². The number of nitrogens with one attached hydrogen (secondary N) is 2. The maximum atomic E-state index is 14.2. The number of ether oxygens (including phenoxy) is 1. The van der Waals surface area contributed by atoms with E-state index in [0.717, 1.165) is 22.4 Å². The number of carbonyl (C=O) groups is 3. The number of nitrogens with zero attached hydrogens (tertiary/aromatic N) is 2. The Morgan fingerprint density at radius 2 is 1.92 bits per heavy atom. The summed E-state index contributed by atoms with van der Waals surface area (Å²) in [5.41, 5.74) is 12.5. The van der Waals surface area contributed by atoms with E-state index in [1.54, 1.807) is 30.5 Å². The Kier molecular flexibility index (Phi) is 7.40. The molecule has 0 saturated heterocycles. The van der Waals surface area contributed by atoms with E-state index in [1.807, 2.05) is 45.0 Å². The quantitative estimate of drug-likeness (QED) is 0.254. The molecule has 0 bridgehead atoms. The van der Waals surface area contributed by atoms with E-state index in [1.165, 1.54) is 12.0 Å². The third kappa shape index (κ3) is 5.05. The summed E-state index contributed by atoms with van der Waals surface area (Å²) in [7, 11) is 1.51. The molecule has 6 N–H and O–H groups in total. The molecule has 4 aromatic rings. The van der Waals surface area contributed by atoms with Crippen LogP contribution in [0.3, 0.4) is 0 Å². The summed E-state index contributed by atoms with van der Waals surface area (Å²) in [6.07, 6.45) is 2.38. The van der Waals surface area contributed by atoms with Gasteiger partial charge in [-0.05, 0) is 50.0 Å². The zero-order valence-corrected chi connectivity index (χ0v) is 22.4. The van der Waals surface area contributed by atoms with Gasteiger partial charge in [-0.15, -0.1) is 0 Å². The Bertz CT molecular complexity index is 1510. The Morgan fingerprint density at radius 1 is 1.18 bits per heavy atom. The van der Waals surface area contributed by atoms with Crippen molar-refractivity contribution in [3.05, 3.63) is 70.9 Å². The number of para-hydroxylation sites is 1. The van der Waals surface area contributed by atoms with Gasteiger partial charge in [0.05, 0.1) is 12.8 Å². The topological polar surface area (TPSA) is 156 Å². The number of fused-ring (bicyclic) bond motifs is 1. The fraction of sp³-hybridized carbons (Fsp3) is 0.259. The van der Waals surface area contributed by atoms with Crippen LogP contribution in [0.15, 0.2) is 54.7 Å². The van der Waals surface area contributed by atoms with Crippen molar-refractivity contribution in [3.63, 3.8) is 0 Å². The molecule has 0 radical (unpaired) electrons. The van der Waals surface area contributed by atoms with Crippen molar-refractivity contribution in [1.29, 1.82) is 0 Å². The number of nitrogen functional groups attached to an aromatic ring is 1. The number of aromatic nitrogens is 2. The van der Waals surface area contributed by atoms with Gasteiger partial charge in [-0.2, -0.15) is 4.37 Å². The van der Waals surface area contributed by atoms with Gasteiger partial charge in [-0.1, -0.05) is 31.2 Å². The summed E-state index contributed by atoms with van der Waals surface area (Å²) in [5, 5.41) is 3.86. The molecular weight excluding hydrogens is 504 g/mol. The largest absolute Gasteiger partial charge is 0.497 e. The van der Waals surface area contributed by atoms with Crippen LogP contribution >= 0.6 is 11.5 Å². The number of hydrogen-bond acceptors (Lipinski definition) is 7. The van der Waals surface area contributed by atoms with Crippen molar-refractivity contribution in [3.8, 4) is 5.75 Å². The van der Waals surface area contributed by atoms with Crippen LogP contribution in [0.2, 0.25) is 0 Å². The van der Waals surface area contributed by atoms with E-state index in [9.17, 15) is 14.4 Å². The maximum absolute atomic E-state index is 14.2. The first kappa shape index (κ1) is 26.7. The molecule has 0 aliphatic carbocycles. The molecule has 1 atom stereocenters. The average Bonchev–Trinajstić information content (AvgIpc) is 3.50.